The van der Waals surface area contributed by atoms with Gasteiger partial charge >= 0.3 is 5.97 Å². The Kier molecular flexibility index (Phi) is 15.8. The molecule has 0 saturated carbocycles. The number of phenols is 1. The largest absolute Gasteiger partial charge is 0.506 e. The van der Waals surface area contributed by atoms with Crippen molar-refractivity contribution in [2.24, 2.45) is 0 Å². The predicted molar refractivity (Wildman–Crippen MR) is 307 cm³/mol. The minimum Gasteiger partial charge on any atom is -0.506 e. The highest BCUT2D eigenvalue weighted by molar-refractivity contribution is 7.26. The summed E-state index contributed by atoms with van der Waals surface area (Å²) >= 11 is 4.63. The van der Waals surface area contributed by atoms with Crippen molar-refractivity contribution in [3.8, 4) is 23.0 Å². The first-order valence-electron chi connectivity index (χ1n) is 25.3. The van der Waals surface area contributed by atoms with Crippen LogP contribution in [0.3, 0.4) is 0 Å². The molecular formula is C62H76O6S3. The van der Waals surface area contributed by atoms with Crippen LogP contribution in [-0.2, 0) is 36.8 Å². The molecule has 0 aliphatic heterocycles. The van der Waals surface area contributed by atoms with Gasteiger partial charge in [-0.3, -0.25) is 0 Å². The number of hydrogen-bond donors (Lipinski definition) is 1. The van der Waals surface area contributed by atoms with Gasteiger partial charge in [-0.15, -0.1) is 34.0 Å². The molecule has 0 amide bonds. The molecule has 1 aromatic heterocycles. The smallest absolute Gasteiger partial charge is 0.348 e. The van der Waals surface area contributed by atoms with Crippen LogP contribution in [0, 0.1) is 0 Å². The molecule has 0 radical (unpaired) electrons. The van der Waals surface area contributed by atoms with E-state index in [0.717, 1.165) is 94.4 Å². The molecule has 0 aliphatic rings. The van der Waals surface area contributed by atoms with Crippen LogP contribution in [0.2, 0.25) is 0 Å². The summed E-state index contributed by atoms with van der Waals surface area (Å²) < 4.78 is 32.1. The number of carbonyl (C=O) groups excluding carboxylic acids is 1. The zero-order valence-electron chi connectivity index (χ0n) is 45.1. The fraction of sp³-hybridized carbons (Fsp3) is 0.435. The minimum absolute atomic E-state index is 0.129. The van der Waals surface area contributed by atoms with Gasteiger partial charge < -0.3 is 24.1 Å². The molecule has 6 aromatic carbocycles. The van der Waals surface area contributed by atoms with Crippen molar-refractivity contribution in [2.75, 3.05) is 20.3 Å². The van der Waals surface area contributed by atoms with Gasteiger partial charge in [0.05, 0.1) is 41.4 Å². The summed E-state index contributed by atoms with van der Waals surface area (Å²) in [6, 6.07) is 31.5. The van der Waals surface area contributed by atoms with Crippen molar-refractivity contribution in [1.82, 2.24) is 0 Å². The van der Waals surface area contributed by atoms with Gasteiger partial charge in [0.1, 0.15) is 11.5 Å². The zero-order chi connectivity index (χ0) is 51.8. The van der Waals surface area contributed by atoms with E-state index in [1.807, 2.05) is 42.5 Å². The van der Waals surface area contributed by atoms with Gasteiger partial charge in [-0.05, 0) is 123 Å². The number of phenolic OH excluding ortho intramolecular Hbond substituents is 1. The number of rotatable bonds is 12. The first-order valence-corrected chi connectivity index (χ1v) is 27.7. The lowest BCUT2D eigenvalue weighted by Crippen LogP contribution is -2.38. The third kappa shape index (κ3) is 11.6. The van der Waals surface area contributed by atoms with Crippen LogP contribution in [0.4, 0.5) is 0 Å². The SMILES string of the molecule is CCCCOc1c2cc(C(C)(C)C)cc1sc1cc(C(C)(C)C)cc(c1OCCCC)c1cc(C(C)(C)C)cc(sc3cc(C(C)(C)C)cc(s2)c3OC(=O)[C@@](C)(OC)c2cccc3ccccc23)c1O. The molecule has 0 spiro atoms. The number of carbonyl (C=O) groups is 1. The van der Waals surface area contributed by atoms with Crippen LogP contribution in [-0.4, -0.2) is 31.4 Å². The average molecular weight is 1010 g/mol. The third-order valence-electron chi connectivity index (χ3n) is 13.4. The molecule has 0 fully saturated rings. The second-order valence-electron chi connectivity index (χ2n) is 23.2. The Morgan fingerprint density at radius 3 is 1.39 bits per heavy atom. The highest BCUT2D eigenvalue weighted by Crippen LogP contribution is 2.48. The van der Waals surface area contributed by atoms with Crippen LogP contribution in [0.15, 0.2) is 91.0 Å². The maximum atomic E-state index is 15.4. The maximum absolute atomic E-state index is 15.4. The van der Waals surface area contributed by atoms with Gasteiger partial charge in [-0.25, -0.2) is 4.79 Å². The second kappa shape index (κ2) is 20.9. The van der Waals surface area contributed by atoms with Crippen LogP contribution in [0.1, 0.15) is 157 Å². The number of aromatic hydroxyl groups is 1. The molecule has 71 heavy (non-hydrogen) atoms. The summed E-state index contributed by atoms with van der Waals surface area (Å²) in [5.41, 5.74) is 2.44. The highest BCUT2D eigenvalue weighted by atomic mass is 32.1. The lowest BCUT2D eigenvalue weighted by atomic mass is 9.84. The summed E-state index contributed by atoms with van der Waals surface area (Å²) in [7, 11) is 1.56. The van der Waals surface area contributed by atoms with Crippen molar-refractivity contribution in [3.63, 3.8) is 0 Å². The van der Waals surface area contributed by atoms with Crippen LogP contribution in [0.25, 0.3) is 49.7 Å². The minimum atomic E-state index is -1.50. The van der Waals surface area contributed by atoms with Crippen molar-refractivity contribution in [2.45, 2.75) is 157 Å². The standard InChI is InChI=1S/C62H76O6S3/c1-17-19-28-66-54-45-31-40(59(6,7)8)33-48(54)70-49-34-41(60(9,10)11)35-50(55(49)67-29-20-18-2)71-52-37-42(61(12,13)14)36-51(69-47-32-39(58(3,4)5)30-44(45)53(47)63)56(52)68-57(64)62(15,65-16)46-27-23-25-38-24-21-22-26-43(38)46/h21-27,30-37,63H,17-20,28-29H2,1-16H3/t62-/m0/s1. The van der Waals surface area contributed by atoms with E-state index in [1.54, 1.807) is 36.7 Å². The molecule has 0 unspecified atom stereocenters. The Morgan fingerprint density at radius 2 is 0.901 bits per heavy atom. The molecule has 0 saturated heterocycles. The normalized spacial score (nSPS) is 13.4. The van der Waals surface area contributed by atoms with Gasteiger partial charge in [-0.2, -0.15) is 0 Å². The summed E-state index contributed by atoms with van der Waals surface area (Å²) in [5.74, 6) is 1.45. The van der Waals surface area contributed by atoms with Crippen LogP contribution in [0.5, 0.6) is 23.0 Å². The van der Waals surface area contributed by atoms with E-state index in [-0.39, 0.29) is 27.4 Å². The molecule has 6 nitrogen and oxygen atoms in total. The monoisotopic (exact) mass is 1010 g/mol. The maximum Gasteiger partial charge on any atom is 0.348 e. The first-order chi connectivity index (χ1) is 33.3. The van der Waals surface area contributed by atoms with E-state index in [2.05, 4.69) is 145 Å². The molecular weight excluding hydrogens is 937 g/mol. The second-order valence-corrected chi connectivity index (χ2v) is 26.4. The van der Waals surface area contributed by atoms with E-state index in [4.69, 9.17) is 18.9 Å². The first kappa shape index (κ1) is 53.9. The summed E-state index contributed by atoms with van der Waals surface area (Å²) in [4.78, 5) is 15.4. The summed E-state index contributed by atoms with van der Waals surface area (Å²) in [6.07, 6.45) is 3.70. The Hall–Kier alpha value is -4.93. The van der Waals surface area contributed by atoms with Crippen LogP contribution >= 0.6 is 34.0 Å². The topological polar surface area (TPSA) is 74.2 Å². The average Bonchev–Trinajstić information content (AvgIpc) is 3.29. The van der Waals surface area contributed by atoms with Gasteiger partial charge in [-0.1, -0.05) is 152 Å². The molecule has 7 aromatic rings. The van der Waals surface area contributed by atoms with Gasteiger partial charge in [0, 0.05) is 23.4 Å². The van der Waals surface area contributed by atoms with E-state index < -0.39 is 11.6 Å². The predicted octanol–water partition coefficient (Wildman–Crippen LogP) is 18.6. The number of benzene rings is 6. The van der Waals surface area contributed by atoms with E-state index >= 15 is 4.79 Å². The number of hydrogen-bond acceptors (Lipinski definition) is 9. The molecule has 0 aliphatic carbocycles. The molecule has 8 bridgehead atoms. The zero-order valence-corrected chi connectivity index (χ0v) is 47.6. The van der Waals surface area contributed by atoms with Crippen molar-refractivity contribution in [1.29, 1.82) is 0 Å². The number of esters is 1. The van der Waals surface area contributed by atoms with Gasteiger partial charge in [0.2, 0.25) is 0 Å². The lowest BCUT2D eigenvalue weighted by molar-refractivity contribution is -0.157. The molecule has 1 atom stereocenters. The number of methoxy groups -OCH3 is 1. The molecule has 378 valence electrons. The van der Waals surface area contributed by atoms with Gasteiger partial charge in [0.25, 0.3) is 0 Å². The van der Waals surface area contributed by atoms with Gasteiger partial charge in [0.15, 0.2) is 17.1 Å². The molecule has 1 N–H and O–H groups in total. The van der Waals surface area contributed by atoms with E-state index in [9.17, 15) is 5.11 Å². The molecule has 1 heterocycles. The number of unbranched alkanes of at least 4 members (excludes halogenated alkanes) is 2. The van der Waals surface area contributed by atoms with Crippen molar-refractivity contribution in [3.05, 3.63) is 119 Å². The Morgan fingerprint density at radius 1 is 0.493 bits per heavy atom. The van der Waals surface area contributed by atoms with Crippen molar-refractivity contribution >= 4 is 89.7 Å². The quantitative estimate of drug-likeness (QED) is 0.0747. The Labute approximate surface area is 435 Å². The van der Waals surface area contributed by atoms with E-state index in [0.29, 0.717) is 39.3 Å². The lowest BCUT2D eigenvalue weighted by Gasteiger charge is -2.28. The Balaban J connectivity index is 1.80. The summed E-state index contributed by atoms with van der Waals surface area (Å²) in [6.45, 7) is 33.8. The third-order valence-corrected chi connectivity index (χ3v) is 16.5. The summed E-state index contributed by atoms with van der Waals surface area (Å²) in [5, 5.41) is 16.4. The van der Waals surface area contributed by atoms with Crippen LogP contribution < -0.4 is 14.2 Å². The number of ether oxygens (including phenoxy) is 4. The highest BCUT2D eigenvalue weighted by Gasteiger charge is 2.39. The fourth-order valence-corrected chi connectivity index (χ4v) is 11.9. The molecule has 7 rings (SSSR count). The Bertz CT molecular complexity index is 3220. The fourth-order valence-electron chi connectivity index (χ4n) is 8.48. The van der Waals surface area contributed by atoms with Crippen molar-refractivity contribution < 1.29 is 28.8 Å². The number of fused-ring (bicyclic) bond motifs is 10. The van der Waals surface area contributed by atoms with E-state index in [1.165, 1.54) is 11.3 Å². The molecule has 9 heteroatoms.